The molecule has 1 rings (SSSR count). The first kappa shape index (κ1) is 12.5. The lowest BCUT2D eigenvalue weighted by molar-refractivity contribution is -0.0162. The van der Waals surface area contributed by atoms with Gasteiger partial charge in [-0.2, -0.15) is 5.26 Å². The highest BCUT2D eigenvalue weighted by Crippen LogP contribution is 2.26. The summed E-state index contributed by atoms with van der Waals surface area (Å²) in [7, 11) is 0. The van der Waals surface area contributed by atoms with E-state index in [1.807, 2.05) is 0 Å². The summed E-state index contributed by atoms with van der Waals surface area (Å²) in [5.74, 6) is 0.582. The van der Waals surface area contributed by atoms with Crippen LogP contribution in [0.5, 0.6) is 0 Å². The third-order valence-electron chi connectivity index (χ3n) is 2.98. The Morgan fingerprint density at radius 2 is 2.33 bits per heavy atom. The van der Waals surface area contributed by atoms with E-state index in [-0.39, 0.29) is 11.6 Å². The molecule has 0 bridgehead atoms. The topological polar surface area (TPSA) is 45.0 Å². The fourth-order valence-electron chi connectivity index (χ4n) is 1.91. The van der Waals surface area contributed by atoms with E-state index in [1.165, 1.54) is 0 Å². The summed E-state index contributed by atoms with van der Waals surface area (Å²) in [6, 6.07) is 2.45. The second-order valence-electron chi connectivity index (χ2n) is 4.82. The highest BCUT2D eigenvalue weighted by Gasteiger charge is 2.36. The van der Waals surface area contributed by atoms with Gasteiger partial charge in [0.25, 0.3) is 0 Å². The van der Waals surface area contributed by atoms with Crippen molar-refractivity contribution in [2.24, 2.45) is 5.92 Å². The maximum absolute atomic E-state index is 9.30. The van der Waals surface area contributed by atoms with Crippen LogP contribution in [0.3, 0.4) is 0 Å². The van der Waals surface area contributed by atoms with Gasteiger partial charge in [0.15, 0.2) is 0 Å². The van der Waals surface area contributed by atoms with Crippen LogP contribution in [-0.4, -0.2) is 24.8 Å². The van der Waals surface area contributed by atoms with E-state index in [1.54, 1.807) is 0 Å². The van der Waals surface area contributed by atoms with Crippen LogP contribution in [0, 0.1) is 17.2 Å². The summed E-state index contributed by atoms with van der Waals surface area (Å²) in [6.07, 6.45) is 2.88. The van der Waals surface area contributed by atoms with E-state index < -0.39 is 0 Å². The Morgan fingerprint density at radius 3 is 2.87 bits per heavy atom. The van der Waals surface area contributed by atoms with Gasteiger partial charge in [-0.15, -0.1) is 0 Å². The van der Waals surface area contributed by atoms with Crippen LogP contribution < -0.4 is 5.32 Å². The molecule has 0 amide bonds. The minimum atomic E-state index is -0.344. The smallest absolute Gasteiger partial charge is 0.111 e. The molecule has 1 N–H and O–H groups in total. The van der Waals surface area contributed by atoms with Crippen LogP contribution in [0.1, 0.15) is 40.0 Å². The summed E-state index contributed by atoms with van der Waals surface area (Å²) in [5, 5.41) is 12.7. The Bertz CT molecular complexity index is 234. The molecule has 2 atom stereocenters. The predicted molar refractivity (Wildman–Crippen MR) is 60.4 cm³/mol. The van der Waals surface area contributed by atoms with Gasteiger partial charge in [-0.3, -0.25) is 5.32 Å². The maximum Gasteiger partial charge on any atom is 0.111 e. The van der Waals surface area contributed by atoms with Crippen LogP contribution in [-0.2, 0) is 4.74 Å². The second kappa shape index (κ2) is 5.48. The molecule has 15 heavy (non-hydrogen) atoms. The zero-order valence-corrected chi connectivity index (χ0v) is 10.0. The minimum Gasteiger partial charge on any atom is -0.378 e. The maximum atomic E-state index is 9.30. The van der Waals surface area contributed by atoms with Gasteiger partial charge >= 0.3 is 0 Å². The molecule has 3 heteroatoms. The number of nitriles is 1. The Kier molecular flexibility index (Phi) is 4.56. The van der Waals surface area contributed by atoms with Crippen molar-refractivity contribution in [1.29, 1.82) is 5.26 Å². The Morgan fingerprint density at radius 1 is 1.60 bits per heavy atom. The van der Waals surface area contributed by atoms with Gasteiger partial charge in [0.2, 0.25) is 0 Å². The molecule has 0 aromatic carbocycles. The van der Waals surface area contributed by atoms with Gasteiger partial charge in [-0.1, -0.05) is 20.8 Å². The third-order valence-corrected chi connectivity index (χ3v) is 2.98. The molecule has 86 valence electrons. The van der Waals surface area contributed by atoms with Crippen molar-refractivity contribution < 1.29 is 4.74 Å². The zero-order chi connectivity index (χ0) is 11.3. The average Bonchev–Trinajstić information content (AvgIpc) is 2.26. The van der Waals surface area contributed by atoms with Crippen molar-refractivity contribution in [2.45, 2.75) is 51.7 Å². The number of nitrogens with one attached hydrogen (secondary N) is 1. The number of ether oxygens (including phenoxy) is 1. The molecular weight excluding hydrogens is 188 g/mol. The molecular formula is C12H22N2O. The summed E-state index contributed by atoms with van der Waals surface area (Å²) < 4.78 is 5.60. The first-order valence-electron chi connectivity index (χ1n) is 5.90. The molecule has 0 saturated carbocycles. The van der Waals surface area contributed by atoms with Crippen molar-refractivity contribution in [1.82, 2.24) is 5.32 Å². The van der Waals surface area contributed by atoms with Gasteiger partial charge in [0, 0.05) is 19.4 Å². The fourth-order valence-corrected chi connectivity index (χ4v) is 1.91. The van der Waals surface area contributed by atoms with Crippen molar-refractivity contribution in [2.75, 3.05) is 13.2 Å². The SMILES string of the molecule is CCC1CC(C#N)(NCC(C)C)CCO1. The van der Waals surface area contributed by atoms with Crippen molar-refractivity contribution in [3.63, 3.8) is 0 Å². The van der Waals surface area contributed by atoms with Crippen LogP contribution in [0.2, 0.25) is 0 Å². The quantitative estimate of drug-likeness (QED) is 0.772. The lowest BCUT2D eigenvalue weighted by Gasteiger charge is -2.36. The van der Waals surface area contributed by atoms with E-state index in [4.69, 9.17) is 4.74 Å². The van der Waals surface area contributed by atoms with Crippen LogP contribution in [0.4, 0.5) is 0 Å². The average molecular weight is 210 g/mol. The molecule has 0 radical (unpaired) electrons. The molecule has 1 heterocycles. The summed E-state index contributed by atoms with van der Waals surface area (Å²) in [4.78, 5) is 0. The molecule has 0 aliphatic carbocycles. The molecule has 0 aromatic heterocycles. The molecule has 0 aromatic rings. The van der Waals surface area contributed by atoms with Crippen molar-refractivity contribution in [3.8, 4) is 6.07 Å². The largest absolute Gasteiger partial charge is 0.378 e. The number of rotatable bonds is 4. The summed E-state index contributed by atoms with van der Waals surface area (Å²) in [6.45, 7) is 8.05. The van der Waals surface area contributed by atoms with E-state index in [0.29, 0.717) is 12.5 Å². The molecule has 0 spiro atoms. The van der Waals surface area contributed by atoms with Crippen LogP contribution >= 0.6 is 0 Å². The lowest BCUT2D eigenvalue weighted by atomic mass is 9.87. The summed E-state index contributed by atoms with van der Waals surface area (Å²) >= 11 is 0. The van der Waals surface area contributed by atoms with E-state index in [2.05, 4.69) is 32.2 Å². The van der Waals surface area contributed by atoms with E-state index in [9.17, 15) is 5.26 Å². The van der Waals surface area contributed by atoms with Crippen molar-refractivity contribution >= 4 is 0 Å². The molecule has 3 nitrogen and oxygen atoms in total. The number of hydrogen-bond donors (Lipinski definition) is 1. The zero-order valence-electron chi connectivity index (χ0n) is 10.0. The second-order valence-corrected chi connectivity index (χ2v) is 4.82. The number of hydrogen-bond acceptors (Lipinski definition) is 3. The molecule has 2 unspecified atom stereocenters. The van der Waals surface area contributed by atoms with Gasteiger partial charge in [0.05, 0.1) is 12.2 Å². The highest BCUT2D eigenvalue weighted by atomic mass is 16.5. The normalized spacial score (nSPS) is 31.5. The first-order chi connectivity index (χ1) is 7.12. The van der Waals surface area contributed by atoms with Gasteiger partial charge in [-0.25, -0.2) is 0 Å². The predicted octanol–water partition coefficient (Wildman–Crippen LogP) is 2.08. The van der Waals surface area contributed by atoms with E-state index in [0.717, 1.165) is 25.8 Å². The van der Waals surface area contributed by atoms with E-state index >= 15 is 0 Å². The van der Waals surface area contributed by atoms with Crippen molar-refractivity contribution in [3.05, 3.63) is 0 Å². The van der Waals surface area contributed by atoms with Gasteiger partial charge < -0.3 is 4.74 Å². The first-order valence-corrected chi connectivity index (χ1v) is 5.90. The molecule has 1 aliphatic heterocycles. The molecule has 1 fully saturated rings. The number of nitrogens with zero attached hydrogens (tertiary/aromatic N) is 1. The molecule has 1 aliphatic rings. The van der Waals surface area contributed by atoms with Gasteiger partial charge in [0.1, 0.15) is 5.54 Å². The lowest BCUT2D eigenvalue weighted by Crippen LogP contribution is -2.51. The Labute approximate surface area is 92.8 Å². The standard InChI is InChI=1S/C12H22N2O/c1-4-11-7-12(9-13,5-6-15-11)14-8-10(2)3/h10-11,14H,4-8H2,1-3H3. The minimum absolute atomic E-state index is 0.248. The third kappa shape index (κ3) is 3.48. The Hall–Kier alpha value is -0.590. The van der Waals surface area contributed by atoms with Gasteiger partial charge in [-0.05, 0) is 18.9 Å². The monoisotopic (exact) mass is 210 g/mol. The summed E-state index contributed by atoms with van der Waals surface area (Å²) in [5.41, 5.74) is -0.344. The Balaban J connectivity index is 2.55. The molecule has 1 saturated heterocycles. The van der Waals surface area contributed by atoms with Crippen LogP contribution in [0.25, 0.3) is 0 Å². The highest BCUT2D eigenvalue weighted by molar-refractivity contribution is 5.09. The fraction of sp³-hybridized carbons (Fsp3) is 0.917. The van der Waals surface area contributed by atoms with Crippen LogP contribution in [0.15, 0.2) is 0 Å².